The number of hydrogen-bond donors (Lipinski definition) is 2. The van der Waals surface area contributed by atoms with Gasteiger partial charge in [-0.1, -0.05) is 191 Å². The summed E-state index contributed by atoms with van der Waals surface area (Å²) in [5.41, 5.74) is 13.1. The number of aromatic hydroxyl groups is 2. The van der Waals surface area contributed by atoms with Crippen molar-refractivity contribution in [3.8, 4) is 33.8 Å². The second-order valence-electron chi connectivity index (χ2n) is 18.4. The van der Waals surface area contributed by atoms with Crippen molar-refractivity contribution < 1.29 is 10.2 Å². The number of phenols is 2. The molecule has 2 aliphatic carbocycles. The first kappa shape index (κ1) is 45.1. The number of benzene rings is 5. The van der Waals surface area contributed by atoms with Gasteiger partial charge in [0.05, 0.1) is 11.4 Å². The summed E-state index contributed by atoms with van der Waals surface area (Å²) in [6, 6.07) is 34.2. The summed E-state index contributed by atoms with van der Waals surface area (Å²) in [7, 11) is 0. The minimum atomic E-state index is -0.0757. The van der Waals surface area contributed by atoms with Gasteiger partial charge >= 0.3 is 0 Å². The number of rotatable bonds is 24. The van der Waals surface area contributed by atoms with Crippen LogP contribution in [0.4, 0.5) is 11.4 Å². The Morgan fingerprint density at radius 3 is 1.08 bits per heavy atom. The molecule has 0 amide bonds. The number of hydrogen-bond acceptors (Lipinski definition) is 4. The third kappa shape index (κ3) is 9.51. The summed E-state index contributed by atoms with van der Waals surface area (Å²) in [6.45, 7) is 9.13. The Kier molecular flexibility index (Phi) is 15.6. The van der Waals surface area contributed by atoms with Crippen molar-refractivity contribution in [2.24, 2.45) is 9.98 Å². The van der Waals surface area contributed by atoms with Gasteiger partial charge < -0.3 is 10.2 Å². The van der Waals surface area contributed by atoms with Crippen LogP contribution in [0.3, 0.4) is 0 Å². The molecule has 0 saturated carbocycles. The van der Waals surface area contributed by atoms with Crippen LogP contribution in [0, 0.1) is 0 Å². The normalized spacial score (nSPS) is 14.4. The first-order valence-electron chi connectivity index (χ1n) is 24.5. The van der Waals surface area contributed by atoms with Crippen molar-refractivity contribution in [1.82, 2.24) is 0 Å². The molecule has 4 heteroatoms. The summed E-state index contributed by atoms with van der Waals surface area (Å²) < 4.78 is 0. The second-order valence-corrected chi connectivity index (χ2v) is 18.4. The van der Waals surface area contributed by atoms with Gasteiger partial charge in [0.15, 0.2) is 0 Å². The molecule has 0 spiro atoms. The number of unbranched alkanes of at least 4 members (excludes halogenated alkanes) is 12. The molecule has 2 aliphatic rings. The third-order valence-corrected chi connectivity index (χ3v) is 14.2. The Balaban J connectivity index is 1.21. The zero-order valence-electron chi connectivity index (χ0n) is 38.3. The Morgan fingerprint density at radius 1 is 0.387 bits per heavy atom. The van der Waals surface area contributed by atoms with Crippen LogP contribution in [0.15, 0.2) is 107 Å². The lowest BCUT2D eigenvalue weighted by Crippen LogP contribution is -2.25. The van der Waals surface area contributed by atoms with Gasteiger partial charge in [-0.05, 0) is 107 Å². The van der Waals surface area contributed by atoms with E-state index >= 15 is 0 Å². The van der Waals surface area contributed by atoms with Crippen LogP contribution in [0.1, 0.15) is 189 Å². The lowest BCUT2D eigenvalue weighted by Gasteiger charge is -2.33. The summed E-state index contributed by atoms with van der Waals surface area (Å²) in [6.07, 6.45) is 27.7. The van der Waals surface area contributed by atoms with Crippen molar-refractivity contribution in [3.63, 3.8) is 0 Å². The van der Waals surface area contributed by atoms with Crippen molar-refractivity contribution in [2.75, 3.05) is 0 Å². The molecule has 0 saturated heterocycles. The molecule has 0 fully saturated rings. The fraction of sp³-hybridized carbons (Fsp3) is 0.448. The highest BCUT2D eigenvalue weighted by atomic mass is 16.3. The number of aliphatic imine (C=N–C) groups is 2. The van der Waals surface area contributed by atoms with Crippen LogP contribution >= 0.6 is 0 Å². The highest BCUT2D eigenvalue weighted by molar-refractivity contribution is 5.94. The molecule has 0 aromatic heterocycles. The van der Waals surface area contributed by atoms with Gasteiger partial charge in [0.25, 0.3) is 0 Å². The smallest absolute Gasteiger partial charge is 0.124 e. The van der Waals surface area contributed by atoms with E-state index in [-0.39, 0.29) is 22.3 Å². The van der Waals surface area contributed by atoms with Crippen molar-refractivity contribution in [1.29, 1.82) is 0 Å². The van der Waals surface area contributed by atoms with Crippen molar-refractivity contribution in [3.05, 3.63) is 130 Å². The molecule has 0 bridgehead atoms. The maximum absolute atomic E-state index is 11.6. The van der Waals surface area contributed by atoms with Crippen LogP contribution in [-0.2, 0) is 10.8 Å². The topological polar surface area (TPSA) is 65.2 Å². The van der Waals surface area contributed by atoms with Crippen LogP contribution < -0.4 is 0 Å². The molecule has 2 N–H and O–H groups in total. The Hall–Kier alpha value is -4.96. The van der Waals surface area contributed by atoms with E-state index in [1.54, 1.807) is 0 Å². The predicted octanol–water partition coefficient (Wildman–Crippen LogP) is 17.0. The molecule has 0 aliphatic heterocycles. The first-order chi connectivity index (χ1) is 30.4. The number of nitrogens with zero attached hydrogens (tertiary/aromatic N) is 2. The zero-order chi connectivity index (χ0) is 43.4. The maximum atomic E-state index is 11.6. The molecule has 0 atom stereocenters. The van der Waals surface area contributed by atoms with Gasteiger partial charge in [0.2, 0.25) is 0 Å². The summed E-state index contributed by atoms with van der Waals surface area (Å²) in [5.74, 6) is 0.487. The van der Waals surface area contributed by atoms with E-state index in [0.717, 1.165) is 47.9 Å². The SMILES string of the molecule is CCCCCCC1(CCCCCC)c2ccccc2-c2cc(O)c(C=Nc3ccccc3N=Cc3cc4c(cc3O)-c3ccccc3C4(CCCCCC)CCCCCC)cc21. The van der Waals surface area contributed by atoms with Gasteiger partial charge in [-0.3, -0.25) is 9.98 Å². The average Bonchev–Trinajstić information content (AvgIpc) is 3.70. The lowest BCUT2D eigenvalue weighted by atomic mass is 9.70. The molecular formula is C58H72N2O2. The maximum Gasteiger partial charge on any atom is 0.124 e. The van der Waals surface area contributed by atoms with Gasteiger partial charge in [0.1, 0.15) is 11.5 Å². The highest BCUT2D eigenvalue weighted by Gasteiger charge is 2.44. The van der Waals surface area contributed by atoms with Gasteiger partial charge in [-0.15, -0.1) is 0 Å². The van der Waals surface area contributed by atoms with Gasteiger partial charge in [-0.2, -0.15) is 0 Å². The molecule has 7 rings (SSSR count). The number of para-hydroxylation sites is 2. The highest BCUT2D eigenvalue weighted by Crippen LogP contribution is 2.57. The summed E-state index contributed by atoms with van der Waals surface area (Å²) >= 11 is 0. The number of phenolic OH excluding ortho intramolecular Hbond substituents is 2. The molecule has 5 aromatic rings. The fourth-order valence-electron chi connectivity index (χ4n) is 10.9. The lowest BCUT2D eigenvalue weighted by molar-refractivity contribution is 0.400. The molecule has 0 unspecified atom stereocenters. The van der Waals surface area contributed by atoms with Crippen LogP contribution in [-0.4, -0.2) is 22.6 Å². The van der Waals surface area contributed by atoms with Gasteiger partial charge in [-0.25, -0.2) is 0 Å². The summed E-state index contributed by atoms with van der Waals surface area (Å²) in [5, 5.41) is 23.2. The van der Waals surface area contributed by atoms with E-state index in [4.69, 9.17) is 9.98 Å². The second kappa shape index (κ2) is 21.4. The van der Waals surface area contributed by atoms with Crippen molar-refractivity contribution in [2.45, 2.75) is 167 Å². The molecule has 326 valence electrons. The number of fused-ring (bicyclic) bond motifs is 6. The van der Waals surface area contributed by atoms with Crippen LogP contribution in [0.25, 0.3) is 22.3 Å². The largest absolute Gasteiger partial charge is 0.507 e. The molecule has 0 radical (unpaired) electrons. The van der Waals surface area contributed by atoms with E-state index in [1.165, 1.54) is 136 Å². The summed E-state index contributed by atoms with van der Waals surface area (Å²) in [4.78, 5) is 10.0. The molecular weight excluding hydrogens is 757 g/mol. The van der Waals surface area contributed by atoms with E-state index in [2.05, 4.69) is 88.4 Å². The van der Waals surface area contributed by atoms with E-state index < -0.39 is 0 Å². The quantitative estimate of drug-likeness (QED) is 0.0481. The predicted molar refractivity (Wildman–Crippen MR) is 265 cm³/mol. The Bertz CT molecular complexity index is 2130. The Labute approximate surface area is 373 Å². The van der Waals surface area contributed by atoms with E-state index in [1.807, 2.05) is 48.8 Å². The minimum Gasteiger partial charge on any atom is -0.507 e. The van der Waals surface area contributed by atoms with Crippen molar-refractivity contribution >= 4 is 23.8 Å². The van der Waals surface area contributed by atoms with Gasteiger partial charge in [0, 0.05) is 34.4 Å². The molecule has 62 heavy (non-hydrogen) atoms. The van der Waals surface area contributed by atoms with Crippen LogP contribution in [0.2, 0.25) is 0 Å². The molecule has 0 heterocycles. The zero-order valence-corrected chi connectivity index (χ0v) is 38.3. The molecule has 4 nitrogen and oxygen atoms in total. The standard InChI is InChI=1S/C58H72N2O2/c1-5-9-13-23-33-57(34-24-14-10-6-2)49-29-19-17-27-45(49)47-39-55(61)43(37-51(47)57)41-59-53-31-21-22-32-54(53)60-42-44-38-52-48(40-56(44)62)46-28-18-20-30-50(46)58(52,35-25-15-11-7-3)36-26-16-12-8-4/h17-22,27-32,37-42,61-62H,5-16,23-26,33-36H2,1-4H3. The van der Waals surface area contributed by atoms with Crippen LogP contribution in [0.5, 0.6) is 11.5 Å². The monoisotopic (exact) mass is 829 g/mol. The third-order valence-electron chi connectivity index (χ3n) is 14.2. The fourth-order valence-corrected chi connectivity index (χ4v) is 10.9. The van der Waals surface area contributed by atoms with E-state index in [9.17, 15) is 10.2 Å². The van der Waals surface area contributed by atoms with E-state index in [0.29, 0.717) is 11.4 Å². The molecule has 5 aromatic carbocycles. The average molecular weight is 829 g/mol. The Morgan fingerprint density at radius 2 is 0.726 bits per heavy atom. The first-order valence-corrected chi connectivity index (χ1v) is 24.5. The minimum absolute atomic E-state index is 0.0757.